The Balaban J connectivity index is 1.85. The van der Waals surface area contributed by atoms with Crippen LogP contribution in [0.1, 0.15) is 11.1 Å². The summed E-state index contributed by atoms with van der Waals surface area (Å²) in [5.41, 5.74) is 8.29. The van der Waals surface area contributed by atoms with Crippen LogP contribution in [-0.2, 0) is 18.0 Å². The molecule has 2 N–H and O–H groups in total. The monoisotopic (exact) mass is 325 g/mol. The molecule has 0 saturated heterocycles. The Bertz CT molecular complexity index is 676. The molecule has 0 atom stereocenters. The fourth-order valence-electron chi connectivity index (χ4n) is 2.18. The van der Waals surface area contributed by atoms with Crippen LogP contribution in [0.5, 0.6) is 11.5 Å². The minimum atomic E-state index is 0.224. The number of nitrogens with two attached hydrogens (primary N) is 1. The Kier molecular flexibility index (Phi) is 4.10. The summed E-state index contributed by atoms with van der Waals surface area (Å²) >= 11 is 12.0. The van der Waals surface area contributed by atoms with Gasteiger partial charge in [-0.15, -0.1) is 0 Å². The fourth-order valence-corrected chi connectivity index (χ4v) is 2.51. The van der Waals surface area contributed by atoms with Crippen LogP contribution in [0, 0.1) is 0 Å². The lowest BCUT2D eigenvalue weighted by molar-refractivity contribution is -0.0175. The van der Waals surface area contributed by atoms with Crippen molar-refractivity contribution in [3.8, 4) is 11.5 Å². The summed E-state index contributed by atoms with van der Waals surface area (Å²) in [5, 5.41) is 1.06. The number of anilines is 1. The third-order valence-corrected chi connectivity index (χ3v) is 3.63. The molecule has 0 unspecified atom stereocenters. The van der Waals surface area contributed by atoms with Gasteiger partial charge in [-0.2, -0.15) is 0 Å². The second-order valence-corrected chi connectivity index (χ2v) is 5.49. The van der Waals surface area contributed by atoms with E-state index in [9.17, 15) is 0 Å². The van der Waals surface area contributed by atoms with Crippen molar-refractivity contribution in [2.75, 3.05) is 12.5 Å². The lowest BCUT2D eigenvalue weighted by Crippen LogP contribution is -2.14. The molecule has 110 valence electrons. The van der Waals surface area contributed by atoms with Gasteiger partial charge in [0.25, 0.3) is 0 Å². The van der Waals surface area contributed by atoms with Gasteiger partial charge >= 0.3 is 0 Å². The van der Waals surface area contributed by atoms with Gasteiger partial charge in [0.2, 0.25) is 0 Å². The van der Waals surface area contributed by atoms with Crippen LogP contribution in [0.3, 0.4) is 0 Å². The third-order valence-electron chi connectivity index (χ3n) is 3.09. The Morgan fingerprint density at radius 1 is 1.19 bits per heavy atom. The molecule has 1 aliphatic rings. The number of nitrogen functional groups attached to an aromatic ring is 1. The van der Waals surface area contributed by atoms with E-state index in [0.717, 1.165) is 16.9 Å². The first kappa shape index (κ1) is 14.3. The van der Waals surface area contributed by atoms with E-state index in [4.69, 9.17) is 43.1 Å². The molecule has 4 nitrogen and oxygen atoms in total. The zero-order valence-corrected chi connectivity index (χ0v) is 12.6. The van der Waals surface area contributed by atoms with E-state index < -0.39 is 0 Å². The van der Waals surface area contributed by atoms with Crippen molar-refractivity contribution in [3.63, 3.8) is 0 Å². The quantitative estimate of drug-likeness (QED) is 0.866. The van der Waals surface area contributed by atoms with Gasteiger partial charge in [-0.1, -0.05) is 23.2 Å². The number of rotatable bonds is 3. The van der Waals surface area contributed by atoms with Crippen molar-refractivity contribution < 1.29 is 14.2 Å². The van der Waals surface area contributed by atoms with Crippen LogP contribution in [0.2, 0.25) is 10.0 Å². The summed E-state index contributed by atoms with van der Waals surface area (Å²) in [5.74, 6) is 1.28. The highest BCUT2D eigenvalue weighted by atomic mass is 35.5. The molecular weight excluding hydrogens is 313 g/mol. The molecule has 0 saturated carbocycles. The number of hydrogen-bond acceptors (Lipinski definition) is 4. The van der Waals surface area contributed by atoms with E-state index in [1.54, 1.807) is 18.2 Å². The Morgan fingerprint density at radius 3 is 2.90 bits per heavy atom. The Labute approximate surface area is 132 Å². The first-order chi connectivity index (χ1) is 10.1. The van der Waals surface area contributed by atoms with E-state index in [0.29, 0.717) is 28.1 Å². The van der Waals surface area contributed by atoms with Gasteiger partial charge < -0.3 is 19.9 Å². The second-order valence-electron chi connectivity index (χ2n) is 4.64. The molecule has 2 aromatic rings. The minimum Gasteiger partial charge on any atom is -0.487 e. The molecule has 0 radical (unpaired) electrons. The summed E-state index contributed by atoms with van der Waals surface area (Å²) in [7, 11) is 0. The van der Waals surface area contributed by atoms with Gasteiger partial charge in [0, 0.05) is 27.9 Å². The van der Waals surface area contributed by atoms with Gasteiger partial charge in [-0.05, 0) is 24.3 Å². The van der Waals surface area contributed by atoms with Crippen LogP contribution < -0.4 is 15.2 Å². The van der Waals surface area contributed by atoms with Crippen molar-refractivity contribution in [1.29, 1.82) is 0 Å². The smallest absolute Gasteiger partial charge is 0.189 e. The normalized spacial score (nSPS) is 13.4. The summed E-state index contributed by atoms with van der Waals surface area (Å²) in [6.07, 6.45) is 0. The average molecular weight is 326 g/mol. The van der Waals surface area contributed by atoms with Crippen molar-refractivity contribution in [2.24, 2.45) is 0 Å². The molecule has 0 fully saturated rings. The van der Waals surface area contributed by atoms with E-state index in [1.807, 2.05) is 12.1 Å². The maximum Gasteiger partial charge on any atom is 0.189 e. The molecule has 6 heteroatoms. The molecule has 0 aliphatic carbocycles. The number of halogens is 2. The van der Waals surface area contributed by atoms with Crippen molar-refractivity contribution >= 4 is 28.9 Å². The van der Waals surface area contributed by atoms with Gasteiger partial charge in [-0.25, -0.2) is 0 Å². The molecule has 1 heterocycles. The number of hydrogen-bond donors (Lipinski definition) is 1. The predicted molar refractivity (Wildman–Crippen MR) is 81.9 cm³/mol. The molecule has 2 aromatic carbocycles. The third kappa shape index (κ3) is 3.18. The lowest BCUT2D eigenvalue weighted by atomic mass is 10.1. The first-order valence-corrected chi connectivity index (χ1v) is 7.09. The topological polar surface area (TPSA) is 53.7 Å². The second kappa shape index (κ2) is 6.02. The van der Waals surface area contributed by atoms with E-state index >= 15 is 0 Å². The minimum absolute atomic E-state index is 0.224. The summed E-state index contributed by atoms with van der Waals surface area (Å²) in [4.78, 5) is 0. The molecular formula is C15H13Cl2NO3. The zero-order valence-electron chi connectivity index (χ0n) is 11.1. The lowest BCUT2D eigenvalue weighted by Gasteiger charge is -2.21. The van der Waals surface area contributed by atoms with Crippen LogP contribution in [-0.4, -0.2) is 6.79 Å². The van der Waals surface area contributed by atoms with E-state index in [2.05, 4.69) is 0 Å². The van der Waals surface area contributed by atoms with Crippen molar-refractivity contribution in [2.45, 2.75) is 13.2 Å². The number of benzene rings is 2. The van der Waals surface area contributed by atoms with Crippen LogP contribution in [0.25, 0.3) is 0 Å². The van der Waals surface area contributed by atoms with Gasteiger partial charge in [0.05, 0.1) is 11.6 Å². The van der Waals surface area contributed by atoms with E-state index in [1.165, 1.54) is 0 Å². The van der Waals surface area contributed by atoms with Crippen LogP contribution in [0.4, 0.5) is 5.69 Å². The van der Waals surface area contributed by atoms with Gasteiger partial charge in [0.1, 0.15) is 18.1 Å². The maximum absolute atomic E-state index is 6.08. The standard InChI is InChI=1S/C15H13Cl2NO3/c16-11-1-2-13(17)14(5-11)20-7-10-4-12(18)3-9-6-19-8-21-15(9)10/h1-5H,6-8,18H2. The number of ether oxygens (including phenoxy) is 3. The first-order valence-electron chi connectivity index (χ1n) is 6.33. The SMILES string of the molecule is Nc1cc2c(c(COc3cc(Cl)ccc3Cl)c1)OCOC2. The predicted octanol–water partition coefficient (Wildman–Crippen LogP) is 4.02. The Hall–Kier alpha value is -1.62. The summed E-state index contributed by atoms with van der Waals surface area (Å²) < 4.78 is 16.5. The number of fused-ring (bicyclic) bond motifs is 1. The zero-order chi connectivity index (χ0) is 14.8. The van der Waals surface area contributed by atoms with Crippen LogP contribution >= 0.6 is 23.2 Å². The fraction of sp³-hybridized carbons (Fsp3) is 0.200. The largest absolute Gasteiger partial charge is 0.487 e. The molecule has 3 rings (SSSR count). The Morgan fingerprint density at radius 2 is 2.05 bits per heavy atom. The summed E-state index contributed by atoms with van der Waals surface area (Å²) in [6, 6.07) is 8.73. The highest BCUT2D eigenvalue weighted by Crippen LogP contribution is 2.33. The highest BCUT2D eigenvalue weighted by molar-refractivity contribution is 6.34. The molecule has 21 heavy (non-hydrogen) atoms. The highest BCUT2D eigenvalue weighted by Gasteiger charge is 2.17. The molecule has 0 spiro atoms. The molecule has 0 aromatic heterocycles. The van der Waals surface area contributed by atoms with Gasteiger partial charge in [-0.3, -0.25) is 0 Å². The molecule has 0 bridgehead atoms. The van der Waals surface area contributed by atoms with Crippen molar-refractivity contribution in [1.82, 2.24) is 0 Å². The summed E-state index contributed by atoms with van der Waals surface area (Å²) in [6.45, 7) is 0.987. The van der Waals surface area contributed by atoms with Crippen LogP contribution in [0.15, 0.2) is 30.3 Å². The van der Waals surface area contributed by atoms with Crippen molar-refractivity contribution in [3.05, 3.63) is 51.5 Å². The average Bonchev–Trinajstić information content (AvgIpc) is 2.47. The van der Waals surface area contributed by atoms with E-state index in [-0.39, 0.29) is 13.4 Å². The maximum atomic E-state index is 6.08. The molecule has 1 aliphatic heterocycles. The molecule has 0 amide bonds. The van der Waals surface area contributed by atoms with Gasteiger partial charge in [0.15, 0.2) is 6.79 Å².